The van der Waals surface area contributed by atoms with Gasteiger partial charge >= 0.3 is 23.9 Å². The Bertz CT molecular complexity index is 1990. The second-order valence-electron chi connectivity index (χ2n) is 36.7. The molecule has 0 atom stereocenters. The fourth-order valence-electron chi connectivity index (χ4n) is 15.8. The minimum Gasteiger partial charge on any atom is -0.486 e. The molecule has 0 aromatic rings. The molecule has 0 saturated carbocycles. The molecule has 10 nitrogen and oxygen atoms in total. The highest BCUT2D eigenvalue weighted by Gasteiger charge is 2.37. The van der Waals surface area contributed by atoms with Crippen LogP contribution in [0.3, 0.4) is 0 Å². The van der Waals surface area contributed by atoms with Crippen LogP contribution in [-0.4, -0.2) is 108 Å². The lowest BCUT2D eigenvalue weighted by Gasteiger charge is -2.32. The quantitative estimate of drug-likeness (QED) is 0.0248. The Kier molecular flexibility index (Phi) is 107. The van der Waals surface area contributed by atoms with Crippen molar-refractivity contribution in [3.63, 3.8) is 0 Å². The average molecular weight is 1810 g/mol. The van der Waals surface area contributed by atoms with E-state index >= 15 is 0 Å². The highest BCUT2D eigenvalue weighted by molar-refractivity contribution is 7.99. The molecule has 0 rings (SSSR count). The van der Waals surface area contributed by atoms with Crippen molar-refractivity contribution < 1.29 is 47.6 Å². The van der Waals surface area contributed by atoms with Crippen LogP contribution in [0.2, 0.25) is 0 Å². The van der Waals surface area contributed by atoms with Gasteiger partial charge in [0.25, 0.3) is 0 Å². The largest absolute Gasteiger partial charge is 0.486 e. The fourth-order valence-corrected chi connectivity index (χ4v) is 18.9. The summed E-state index contributed by atoms with van der Waals surface area (Å²) in [5.74, 6) is 4.31. The summed E-state index contributed by atoms with van der Waals surface area (Å²) in [5.41, 5.74) is -0.946. The van der Waals surface area contributed by atoms with Gasteiger partial charge in [-0.25, -0.2) is 0 Å². The van der Waals surface area contributed by atoms with E-state index in [9.17, 15) is 19.2 Å². The molecule has 0 spiro atoms. The Morgan fingerprint density at radius 1 is 0.180 bits per heavy atom. The second kappa shape index (κ2) is 107. The van der Waals surface area contributed by atoms with Crippen LogP contribution in [0.15, 0.2) is 0 Å². The van der Waals surface area contributed by atoms with Gasteiger partial charge in [0.1, 0.15) is 31.8 Å². The number of rotatable bonds is 102. The maximum Gasteiger partial charge on any atom is 0.306 e. The average Bonchev–Trinajstić information content (AvgIpc) is 0.852. The molecule has 0 aliphatic carbocycles. The van der Waals surface area contributed by atoms with Gasteiger partial charge in [-0.3, -0.25) is 19.2 Å². The molecular weight excluding hydrogens is 1610 g/mol. The van der Waals surface area contributed by atoms with Crippen LogP contribution in [0.4, 0.5) is 0 Å². The molecule has 0 aromatic carbocycles. The molecule has 15 heteroatoms. The summed E-state index contributed by atoms with van der Waals surface area (Å²) in [7, 11) is 0. The number of esters is 4. The molecule has 724 valence electrons. The molecule has 0 aromatic heterocycles. The van der Waals surface area contributed by atoms with Gasteiger partial charge in [0.15, 0.2) is 10.1 Å². The van der Waals surface area contributed by atoms with Crippen molar-refractivity contribution in [2.75, 3.05) is 74.2 Å². The SMILES string of the molecule is CCCCCCCCCCCCCCC(=S)OCC(COC(=O)CCSCCCCCCCCCCCC)(COC(=O)CCSCCCCCCCCCCCC)COC(=S)CCCCCCCCCCCCCC.CCCCCCCCCCCCCCCCCCOC(=O)CCSCCC(=O)OCCCCCCCCCCCCCCCCCC. The Labute approximate surface area is 783 Å². The predicted octanol–water partition coefficient (Wildman–Crippen LogP) is 36.1. The monoisotopic (exact) mass is 1810 g/mol. The molecule has 0 saturated heterocycles. The van der Waals surface area contributed by atoms with Crippen LogP contribution in [-0.2, 0) is 47.6 Å². The zero-order valence-electron chi connectivity index (χ0n) is 82.1. The van der Waals surface area contributed by atoms with Gasteiger partial charge < -0.3 is 28.4 Å². The number of ether oxygens (including phenoxy) is 6. The molecular formula is C107H206O10S5. The van der Waals surface area contributed by atoms with Gasteiger partial charge in [0, 0.05) is 35.9 Å². The van der Waals surface area contributed by atoms with Gasteiger partial charge in [-0.2, -0.15) is 35.3 Å². The summed E-state index contributed by atoms with van der Waals surface area (Å²) in [6, 6.07) is 0. The van der Waals surface area contributed by atoms with Crippen molar-refractivity contribution in [2.24, 2.45) is 5.41 Å². The summed E-state index contributed by atoms with van der Waals surface area (Å²) >= 11 is 16.9. The van der Waals surface area contributed by atoms with Crippen molar-refractivity contribution >= 4 is 93.7 Å². The van der Waals surface area contributed by atoms with Crippen molar-refractivity contribution in [2.45, 2.75) is 568 Å². The lowest BCUT2D eigenvalue weighted by molar-refractivity contribution is -0.158. The van der Waals surface area contributed by atoms with Crippen LogP contribution in [0.5, 0.6) is 0 Å². The first-order chi connectivity index (χ1) is 60.0. The Hall–Kier alpha value is -1.29. The van der Waals surface area contributed by atoms with E-state index < -0.39 is 5.41 Å². The van der Waals surface area contributed by atoms with E-state index in [1.165, 1.54) is 437 Å². The predicted molar refractivity (Wildman–Crippen MR) is 548 cm³/mol. The van der Waals surface area contributed by atoms with Crippen LogP contribution in [0.25, 0.3) is 0 Å². The Balaban J connectivity index is 0. The van der Waals surface area contributed by atoms with Crippen molar-refractivity contribution in [1.82, 2.24) is 0 Å². The Morgan fingerprint density at radius 3 is 0.541 bits per heavy atom. The van der Waals surface area contributed by atoms with Crippen LogP contribution in [0.1, 0.15) is 568 Å². The zero-order valence-corrected chi connectivity index (χ0v) is 86.2. The van der Waals surface area contributed by atoms with Crippen molar-refractivity contribution in [1.29, 1.82) is 0 Å². The van der Waals surface area contributed by atoms with Gasteiger partial charge in [0.05, 0.1) is 38.9 Å². The minimum atomic E-state index is -0.946. The third-order valence-corrected chi connectivity index (χ3v) is 28.0. The molecule has 122 heavy (non-hydrogen) atoms. The van der Waals surface area contributed by atoms with E-state index in [-0.39, 0.29) is 50.3 Å². The second-order valence-corrected chi connectivity index (χ2v) is 41.3. The smallest absolute Gasteiger partial charge is 0.306 e. The van der Waals surface area contributed by atoms with Crippen molar-refractivity contribution in [3.05, 3.63) is 0 Å². The van der Waals surface area contributed by atoms with Crippen LogP contribution >= 0.6 is 59.7 Å². The maximum atomic E-state index is 13.4. The molecule has 0 heterocycles. The third kappa shape index (κ3) is 102. The summed E-state index contributed by atoms with van der Waals surface area (Å²) in [6.45, 7) is 15.1. The number of unbranched alkanes of at least 4 members (excludes halogenated alkanes) is 70. The van der Waals surface area contributed by atoms with E-state index in [1.54, 1.807) is 11.8 Å². The molecule has 0 unspecified atom stereocenters. The number of hydrogen-bond acceptors (Lipinski definition) is 15. The first kappa shape index (κ1) is 123. The number of hydrogen-bond donors (Lipinski definition) is 0. The van der Waals surface area contributed by atoms with E-state index in [0.29, 0.717) is 73.3 Å². The molecule has 0 N–H and O–H groups in total. The topological polar surface area (TPSA) is 124 Å². The minimum absolute atomic E-state index is 0.0121. The molecule has 0 bridgehead atoms. The van der Waals surface area contributed by atoms with E-state index in [4.69, 9.17) is 52.9 Å². The summed E-state index contributed by atoms with van der Waals surface area (Å²) in [4.78, 5) is 50.6. The first-order valence-electron chi connectivity index (χ1n) is 53.7. The third-order valence-electron chi connectivity index (χ3n) is 24.2. The highest BCUT2D eigenvalue weighted by Crippen LogP contribution is 2.27. The molecule has 0 amide bonds. The maximum absolute atomic E-state index is 13.4. The highest BCUT2D eigenvalue weighted by atomic mass is 32.2. The van der Waals surface area contributed by atoms with Crippen LogP contribution in [0, 0.1) is 5.41 Å². The zero-order chi connectivity index (χ0) is 88.8. The standard InChI is InChI=1S/C65H124O6S4.C42H82O4S/c1-5-9-13-17-21-25-29-31-33-37-41-45-49-63(72)70-59-65(60-71-64(73)50-46-42-38-34-32-30-26-22-18-14-10-6-2,57-68-61(66)51-55-74-53-47-43-39-35-27-23-19-15-11-7-3)58-69-62(67)52-56-75-54-48-44-40-36-28-24-20-16-12-8-4;1-3-5-7-9-11-13-15-17-19-21-23-25-27-29-31-33-37-45-41(43)35-39-47-40-36-42(44)46-38-34-32-30-28-26-24-22-20-18-16-14-12-10-8-6-4-2/h5-60H2,1-4H3;3-40H2,1-2H3. The van der Waals surface area contributed by atoms with Gasteiger partial charge in [-0.15, -0.1) is 0 Å². The lowest BCUT2D eigenvalue weighted by Crippen LogP contribution is -2.43. The normalized spacial score (nSPS) is 11.5. The van der Waals surface area contributed by atoms with E-state index in [0.717, 1.165) is 74.4 Å². The van der Waals surface area contributed by atoms with E-state index in [2.05, 4.69) is 41.5 Å². The number of thioether (sulfide) groups is 3. The number of carbonyl (C=O) groups is 4. The van der Waals surface area contributed by atoms with Gasteiger partial charge in [-0.05, 0) is 74.5 Å². The molecule has 0 aliphatic rings. The Morgan fingerprint density at radius 2 is 0.336 bits per heavy atom. The molecule has 0 fully saturated rings. The van der Waals surface area contributed by atoms with E-state index in [1.807, 2.05) is 23.5 Å². The number of carbonyl (C=O) groups excluding carboxylic acids is 4. The van der Waals surface area contributed by atoms with Crippen LogP contribution < -0.4 is 0 Å². The fraction of sp³-hybridized carbons (Fsp3) is 0.944. The lowest BCUT2D eigenvalue weighted by atomic mass is 9.92. The summed E-state index contributed by atoms with van der Waals surface area (Å²) in [5, 5.41) is 1.10. The van der Waals surface area contributed by atoms with Gasteiger partial charge in [0.2, 0.25) is 0 Å². The summed E-state index contributed by atoms with van der Waals surface area (Å²) in [6.07, 6.45) is 103. The molecule has 0 aliphatic heterocycles. The first-order valence-corrected chi connectivity index (χ1v) is 58.0. The molecule has 0 radical (unpaired) electrons. The van der Waals surface area contributed by atoms with Gasteiger partial charge in [-0.1, -0.05) is 491 Å². The van der Waals surface area contributed by atoms with Crippen molar-refractivity contribution in [3.8, 4) is 0 Å². The number of thiocarbonyl (C=S) groups is 2. The summed E-state index contributed by atoms with van der Waals surface area (Å²) < 4.78 is 35.6.